The van der Waals surface area contributed by atoms with Crippen molar-refractivity contribution in [1.82, 2.24) is 4.72 Å². The Kier molecular flexibility index (Phi) is 5.60. The summed E-state index contributed by atoms with van der Waals surface area (Å²) < 4.78 is 27.1. The smallest absolute Gasteiger partial charge is 0.243 e. The van der Waals surface area contributed by atoms with E-state index < -0.39 is 15.7 Å². The number of allylic oxidation sites excluding steroid dienone is 4. The molecule has 1 unspecified atom stereocenters. The zero-order chi connectivity index (χ0) is 20.2. The van der Waals surface area contributed by atoms with Gasteiger partial charge in [0.2, 0.25) is 10.0 Å². The van der Waals surface area contributed by atoms with Crippen molar-refractivity contribution in [3.05, 3.63) is 96.1 Å². The number of hydrogen-bond donors (Lipinski definition) is 3. The molecule has 1 aliphatic carbocycles. The van der Waals surface area contributed by atoms with Crippen molar-refractivity contribution in [2.75, 3.05) is 0 Å². The Morgan fingerprint density at radius 3 is 2.36 bits per heavy atom. The summed E-state index contributed by atoms with van der Waals surface area (Å²) in [5.41, 5.74) is -0.535. The zero-order valence-corrected chi connectivity index (χ0v) is 15.6. The average molecular weight is 397 g/mol. The minimum absolute atomic E-state index is 0.0000143. The highest BCUT2D eigenvalue weighted by Gasteiger charge is 2.31. The Labute approximate surface area is 163 Å². The van der Waals surface area contributed by atoms with Gasteiger partial charge in [0, 0.05) is 12.0 Å². The third-order valence-electron chi connectivity index (χ3n) is 4.14. The molecule has 2 aromatic rings. The van der Waals surface area contributed by atoms with Crippen LogP contribution in [0.25, 0.3) is 0 Å². The van der Waals surface area contributed by atoms with E-state index in [0.29, 0.717) is 11.1 Å². The van der Waals surface area contributed by atoms with Gasteiger partial charge in [0.25, 0.3) is 0 Å². The maximum absolute atomic E-state index is 12.4. The maximum atomic E-state index is 12.4. The molecule has 0 saturated carbocycles. The Bertz CT molecular complexity index is 1050. The van der Waals surface area contributed by atoms with E-state index >= 15 is 0 Å². The van der Waals surface area contributed by atoms with Crippen LogP contribution >= 0.6 is 0 Å². The van der Waals surface area contributed by atoms with Crippen molar-refractivity contribution < 1.29 is 23.4 Å². The molecule has 2 aromatic carbocycles. The van der Waals surface area contributed by atoms with Gasteiger partial charge in [-0.15, -0.1) is 0 Å². The number of ketones is 1. The van der Waals surface area contributed by atoms with Gasteiger partial charge in [-0.05, 0) is 42.0 Å². The van der Waals surface area contributed by atoms with Gasteiger partial charge in [-0.25, -0.2) is 8.42 Å². The molecule has 0 radical (unpaired) electrons. The van der Waals surface area contributed by atoms with E-state index in [1.54, 1.807) is 36.4 Å². The van der Waals surface area contributed by atoms with Crippen molar-refractivity contribution in [3.63, 3.8) is 0 Å². The first-order valence-electron chi connectivity index (χ1n) is 8.50. The second kappa shape index (κ2) is 7.93. The number of phenolic OH excluding ortho intramolecular Hbond substituents is 1. The number of aromatic hydroxyl groups is 1. The predicted octanol–water partition coefficient (Wildman–Crippen LogP) is 2.68. The second-order valence-corrected chi connectivity index (χ2v) is 8.01. The van der Waals surface area contributed by atoms with Gasteiger partial charge in [-0.1, -0.05) is 48.6 Å². The van der Waals surface area contributed by atoms with Crippen LogP contribution in [0.1, 0.15) is 16.8 Å². The number of carbonyl (C=O) groups excluding carboxylic acids is 1. The highest BCUT2D eigenvalue weighted by Crippen LogP contribution is 2.23. The summed E-state index contributed by atoms with van der Waals surface area (Å²) in [4.78, 5) is 12.0. The number of rotatable bonds is 6. The van der Waals surface area contributed by atoms with Crippen LogP contribution in [-0.4, -0.2) is 30.1 Å². The van der Waals surface area contributed by atoms with Crippen LogP contribution in [0.5, 0.6) is 5.75 Å². The van der Waals surface area contributed by atoms with Crippen molar-refractivity contribution >= 4 is 15.8 Å². The Morgan fingerprint density at radius 1 is 1.07 bits per heavy atom. The normalized spacial score (nSPS) is 19.5. The molecular weight excluding hydrogens is 378 g/mol. The van der Waals surface area contributed by atoms with E-state index in [9.17, 15) is 23.4 Å². The Balaban J connectivity index is 1.67. The standard InChI is InChI=1S/C21H19NO5S/c23-18-7-9-19(10-8-18)28(26,27)22-21(25)14-12-16(13-15-21)6-11-20(24)17-4-2-1-3-5-17/h1-14,22-23,25H,15H2. The molecule has 144 valence electrons. The van der Waals surface area contributed by atoms with Crippen molar-refractivity contribution in [2.45, 2.75) is 17.0 Å². The number of nitrogens with one attached hydrogen (secondary N) is 1. The van der Waals surface area contributed by atoms with Crippen molar-refractivity contribution in [2.24, 2.45) is 0 Å². The van der Waals surface area contributed by atoms with Crippen LogP contribution in [0.4, 0.5) is 0 Å². The molecule has 0 spiro atoms. The lowest BCUT2D eigenvalue weighted by atomic mass is 9.99. The molecule has 0 bridgehead atoms. The lowest BCUT2D eigenvalue weighted by molar-refractivity contribution is 0.0812. The third-order valence-corrected chi connectivity index (χ3v) is 5.66. The molecule has 1 aliphatic rings. The number of phenols is 1. The minimum atomic E-state index is -3.98. The largest absolute Gasteiger partial charge is 0.508 e. The summed E-state index contributed by atoms with van der Waals surface area (Å²) in [6.07, 6.45) is 7.54. The van der Waals surface area contributed by atoms with Crippen LogP contribution < -0.4 is 4.72 Å². The lowest BCUT2D eigenvalue weighted by Crippen LogP contribution is -2.47. The topological polar surface area (TPSA) is 104 Å². The molecule has 1 atom stereocenters. The van der Waals surface area contributed by atoms with Gasteiger partial charge >= 0.3 is 0 Å². The van der Waals surface area contributed by atoms with Gasteiger partial charge in [-0.3, -0.25) is 4.79 Å². The monoisotopic (exact) mass is 397 g/mol. The zero-order valence-electron chi connectivity index (χ0n) is 14.8. The van der Waals surface area contributed by atoms with Crippen molar-refractivity contribution in [1.29, 1.82) is 0 Å². The van der Waals surface area contributed by atoms with Gasteiger partial charge in [0.05, 0.1) is 4.90 Å². The van der Waals surface area contributed by atoms with Crippen LogP contribution in [-0.2, 0) is 10.0 Å². The summed E-state index contributed by atoms with van der Waals surface area (Å²) in [5.74, 6) is -0.205. The fraction of sp³-hybridized carbons (Fsp3) is 0.0952. The van der Waals surface area contributed by atoms with E-state index in [2.05, 4.69) is 4.72 Å². The molecule has 6 nitrogen and oxygen atoms in total. The van der Waals surface area contributed by atoms with Gasteiger partial charge in [0.15, 0.2) is 11.5 Å². The lowest BCUT2D eigenvalue weighted by Gasteiger charge is -2.27. The van der Waals surface area contributed by atoms with Gasteiger partial charge < -0.3 is 10.2 Å². The summed E-state index contributed by atoms with van der Waals surface area (Å²) in [5, 5.41) is 19.8. The van der Waals surface area contributed by atoms with Crippen LogP contribution in [0, 0.1) is 0 Å². The van der Waals surface area contributed by atoms with E-state index in [4.69, 9.17) is 0 Å². The third kappa shape index (κ3) is 4.83. The molecule has 0 aliphatic heterocycles. The average Bonchev–Trinajstić information content (AvgIpc) is 2.68. The Morgan fingerprint density at radius 2 is 1.75 bits per heavy atom. The number of sulfonamides is 1. The van der Waals surface area contributed by atoms with Gasteiger partial charge in [-0.2, -0.15) is 4.72 Å². The maximum Gasteiger partial charge on any atom is 0.243 e. The quantitative estimate of drug-likeness (QED) is 0.395. The second-order valence-electron chi connectivity index (χ2n) is 6.33. The summed E-state index contributed by atoms with van der Waals surface area (Å²) >= 11 is 0. The SMILES string of the molecule is O=C(C=CC1=CCC(O)(NS(=O)(=O)c2ccc(O)cc2)C=C1)c1ccccc1. The van der Waals surface area contributed by atoms with Crippen LogP contribution in [0.15, 0.2) is 95.4 Å². The molecule has 0 aromatic heterocycles. The number of benzene rings is 2. The fourth-order valence-corrected chi connectivity index (χ4v) is 3.86. The van der Waals surface area contributed by atoms with Crippen molar-refractivity contribution in [3.8, 4) is 5.75 Å². The van der Waals surface area contributed by atoms with E-state index in [-0.39, 0.29) is 22.8 Å². The molecule has 0 heterocycles. The number of carbonyl (C=O) groups is 1. The molecular formula is C21H19NO5S. The molecule has 0 saturated heterocycles. The molecule has 0 fully saturated rings. The number of aliphatic hydroxyl groups is 1. The number of hydrogen-bond acceptors (Lipinski definition) is 5. The highest BCUT2D eigenvalue weighted by atomic mass is 32.2. The molecule has 3 rings (SSSR count). The van der Waals surface area contributed by atoms with E-state index in [0.717, 1.165) is 0 Å². The predicted molar refractivity (Wildman–Crippen MR) is 105 cm³/mol. The minimum Gasteiger partial charge on any atom is -0.508 e. The first kappa shape index (κ1) is 19.8. The van der Waals surface area contributed by atoms with Crippen LogP contribution in [0.2, 0.25) is 0 Å². The molecule has 0 amide bonds. The van der Waals surface area contributed by atoms with Gasteiger partial charge in [0.1, 0.15) is 5.75 Å². The summed E-state index contributed by atoms with van der Waals surface area (Å²) in [6.45, 7) is 0. The fourth-order valence-electron chi connectivity index (χ4n) is 2.63. The van der Waals surface area contributed by atoms with E-state index in [1.807, 2.05) is 6.07 Å². The van der Waals surface area contributed by atoms with Crippen LogP contribution in [0.3, 0.4) is 0 Å². The first-order chi connectivity index (χ1) is 13.3. The highest BCUT2D eigenvalue weighted by molar-refractivity contribution is 7.89. The molecule has 28 heavy (non-hydrogen) atoms. The van der Waals surface area contributed by atoms with E-state index in [1.165, 1.54) is 42.5 Å². The summed E-state index contributed by atoms with van der Waals surface area (Å²) in [7, 11) is -3.98. The first-order valence-corrected chi connectivity index (χ1v) is 9.98. The molecule has 7 heteroatoms. The molecule has 3 N–H and O–H groups in total. The summed E-state index contributed by atoms with van der Waals surface area (Å²) in [6, 6.07) is 13.8. The Hall–Kier alpha value is -3.00.